The van der Waals surface area contributed by atoms with E-state index in [-0.39, 0.29) is 53.4 Å². The number of oxime groups is 2. The van der Waals surface area contributed by atoms with Crippen LogP contribution in [-0.4, -0.2) is 188 Å². The highest BCUT2D eigenvalue weighted by molar-refractivity contribution is 7.10. The molecule has 35 nitrogen and oxygen atoms in total. The van der Waals surface area contributed by atoms with E-state index in [9.17, 15) is 72.5 Å². The minimum absolute atomic E-state index is 0.0738. The van der Waals surface area contributed by atoms with E-state index >= 15 is 0 Å². The number of carbonyl (C=O) groups is 13. The van der Waals surface area contributed by atoms with Gasteiger partial charge in [-0.15, -0.1) is 22.7 Å². The third-order valence-corrected chi connectivity index (χ3v) is 22.5. The zero-order valence-electron chi connectivity index (χ0n) is 76.6. The number of ketones is 3. The number of Topliss-reactive ketones (excluding diaryl/α,β-unsaturated/α-hetero) is 3. The molecular formula is C96H104N8O27S2. The van der Waals surface area contributed by atoms with Gasteiger partial charge in [0.05, 0.1) is 41.5 Å². The van der Waals surface area contributed by atoms with E-state index in [2.05, 4.69) is 20.3 Å². The highest BCUT2D eigenvalue weighted by atomic mass is 32.1. The lowest BCUT2D eigenvalue weighted by Crippen LogP contribution is -2.57. The fourth-order valence-electron chi connectivity index (χ4n) is 14.5. The zero-order chi connectivity index (χ0) is 97.2. The summed E-state index contributed by atoms with van der Waals surface area (Å²) in [6.07, 6.45) is -2.13. The van der Waals surface area contributed by atoms with Crippen LogP contribution in [0.1, 0.15) is 212 Å². The van der Waals surface area contributed by atoms with Gasteiger partial charge in [-0.1, -0.05) is 132 Å². The smallest absolute Gasteiger partial charge is 0.375 e. The first-order valence-electron chi connectivity index (χ1n) is 42.4. The molecule has 14 rings (SSSR count). The first-order valence-corrected chi connectivity index (χ1v) is 44.2. The Hall–Kier alpha value is -13.7. The van der Waals surface area contributed by atoms with E-state index in [0.29, 0.717) is 49.2 Å². The summed E-state index contributed by atoms with van der Waals surface area (Å²) in [5.74, 6) is -14.6. The Balaban J connectivity index is 0.000000201. The highest BCUT2D eigenvalue weighted by Gasteiger charge is 2.66. The molecule has 6 aliphatic heterocycles. The van der Waals surface area contributed by atoms with Crippen LogP contribution < -0.4 is 24.7 Å². The van der Waals surface area contributed by atoms with Crippen molar-refractivity contribution in [2.75, 3.05) is 13.2 Å². The lowest BCUT2D eigenvalue weighted by Gasteiger charge is -2.35. The normalized spacial score (nSPS) is 18.2. The second-order valence-electron chi connectivity index (χ2n) is 37.0. The van der Waals surface area contributed by atoms with Crippen LogP contribution in [-0.2, 0) is 116 Å². The highest BCUT2D eigenvalue weighted by Crippen LogP contribution is 2.53. The lowest BCUT2D eigenvalue weighted by atomic mass is 9.97. The summed E-state index contributed by atoms with van der Waals surface area (Å²) in [7, 11) is 0. The van der Waals surface area contributed by atoms with Gasteiger partial charge < -0.3 is 78.1 Å². The summed E-state index contributed by atoms with van der Waals surface area (Å²) >= 11 is 2.54. The molecular weight excluding hydrogens is 1760 g/mol. The predicted octanol–water partition coefficient (Wildman–Crippen LogP) is 11.7. The number of esters is 5. The van der Waals surface area contributed by atoms with Crippen LogP contribution >= 0.6 is 22.7 Å². The molecule has 8 aromatic rings. The molecule has 2 fully saturated rings. The van der Waals surface area contributed by atoms with Crippen molar-refractivity contribution >= 4 is 111 Å². The van der Waals surface area contributed by atoms with Crippen molar-refractivity contribution in [1.29, 1.82) is 0 Å². The number of aliphatic carboxylic acids is 1. The van der Waals surface area contributed by atoms with Crippen molar-refractivity contribution in [3.05, 3.63) is 222 Å². The van der Waals surface area contributed by atoms with Crippen molar-refractivity contribution in [2.24, 2.45) is 27.9 Å². The molecule has 0 bridgehead atoms. The van der Waals surface area contributed by atoms with Gasteiger partial charge in [0.1, 0.15) is 45.9 Å². The zero-order valence-corrected chi connectivity index (χ0v) is 78.2. The number of hydroxylamine groups is 2. The van der Waals surface area contributed by atoms with E-state index in [4.69, 9.17) is 62.9 Å². The Morgan fingerprint density at radius 1 is 0.526 bits per heavy atom. The van der Waals surface area contributed by atoms with Crippen molar-refractivity contribution in [2.45, 2.75) is 226 Å². The fourth-order valence-corrected chi connectivity index (χ4v) is 15.7. The number of amides is 4. The SMILES string of the molecule is CC(C)(C)OC(=O)C(=O)C[C@@H](C(=O)O)N1Cc2cc3c(cc2C1=O)OC(c1ccccc1)(c1ccccc1)O3.Cc1nc(/C(=N/OC(C)(C)C(=O)OC(C)(C)C)C(=O)C[C@@H](CO)C(N)=O)cs1.Cc1nc(/C(=N/OC(C)(C)C(=O)OC(C)(C)C)C(=O)C[C@H]2CON(C3(C(=O)OC(C)(C)C)C[C@H](N4Cc5cc6c(cc5C4=O)OC(c4ccccc4)(c4ccccc4)O6)C(=O)O3)C2=O)cs1. The summed E-state index contributed by atoms with van der Waals surface area (Å²) < 4.78 is 53.4. The average molecular weight is 1870 g/mol. The van der Waals surface area contributed by atoms with Gasteiger partial charge in [0, 0.05) is 76.5 Å². The number of carboxylic acids is 1. The number of fused-ring (bicyclic) bond motifs is 4. The van der Waals surface area contributed by atoms with Crippen molar-refractivity contribution < 1.29 is 130 Å². The number of hydrogen-bond donors (Lipinski definition) is 3. The van der Waals surface area contributed by atoms with Crippen molar-refractivity contribution in [1.82, 2.24) is 24.8 Å². The quantitative estimate of drug-likeness (QED) is 0.0135. The van der Waals surface area contributed by atoms with Gasteiger partial charge in [-0.3, -0.25) is 38.4 Å². The maximum absolute atomic E-state index is 14.4. The van der Waals surface area contributed by atoms with Crippen LogP contribution in [0.15, 0.2) is 167 Å². The van der Waals surface area contributed by atoms with Crippen LogP contribution in [0, 0.1) is 25.7 Å². The molecule has 37 heteroatoms. The molecule has 0 aliphatic carbocycles. The number of ether oxygens (including phenoxy) is 9. The molecule has 1 unspecified atom stereocenters. The Kier molecular flexibility index (Phi) is 28.3. The van der Waals surface area contributed by atoms with E-state index in [0.717, 1.165) is 27.2 Å². The Morgan fingerprint density at radius 3 is 1.32 bits per heavy atom. The van der Waals surface area contributed by atoms with Gasteiger partial charge in [-0.05, 0) is 160 Å². The summed E-state index contributed by atoms with van der Waals surface area (Å²) in [5.41, 5.74) is 0.499. The number of aromatic nitrogens is 2. The summed E-state index contributed by atoms with van der Waals surface area (Å²) in [4.78, 5) is 198. The number of carbonyl (C=O) groups excluding carboxylic acids is 12. The van der Waals surface area contributed by atoms with E-state index in [1.54, 1.807) is 126 Å². The molecule has 0 saturated carbocycles. The summed E-state index contributed by atoms with van der Waals surface area (Å²) in [6, 6.07) is 41.2. The number of primary amides is 1. The molecule has 5 atom stereocenters. The second-order valence-corrected chi connectivity index (χ2v) is 39.2. The van der Waals surface area contributed by atoms with Gasteiger partial charge in [0.15, 0.2) is 46.0 Å². The number of nitrogens with two attached hydrogens (primary N) is 1. The molecule has 6 aliphatic rings. The number of aliphatic hydroxyl groups is 1. The molecule has 4 N–H and O–H groups in total. The number of aryl methyl sites for hydroxylation is 2. The summed E-state index contributed by atoms with van der Waals surface area (Å²) in [6.45, 7) is 28.0. The maximum atomic E-state index is 14.4. The molecule has 133 heavy (non-hydrogen) atoms. The van der Waals surface area contributed by atoms with Crippen LogP contribution in [0.25, 0.3) is 0 Å². The maximum Gasteiger partial charge on any atom is 0.375 e. The van der Waals surface area contributed by atoms with Gasteiger partial charge in [-0.25, -0.2) is 38.7 Å². The molecule has 702 valence electrons. The number of hydrogen-bond acceptors (Lipinski definition) is 32. The first-order chi connectivity index (χ1) is 62.2. The number of rotatable bonds is 28. The van der Waals surface area contributed by atoms with Crippen LogP contribution in [0.3, 0.4) is 0 Å². The standard InChI is InChI=1S/C48H50N4O13S.C30H27NO8.C18H27N3O6S/c1-27-49-33(26-66-27)38(50-65-46(8,9)42(57)63-44(2,3)4)35(53)20-29-25-59-52(39(29)54)47(43(58)64-45(5,6)7)23-34(41(56)62-47)51-24-28-21-36-37(22-32(28)40(51)55)61-48(60-36,30-16-12-10-13-17-30)31-18-14-11-15-19-31;1-29(2,3)39-28(36)23(32)16-22(27(34)35)31-17-18-14-24-25(15-21(18)26(31)33)38-30(37-24,19-10-6-4-7-11-19)20-12-8-5-9-13-20;1-10-20-12(9-28-10)14(13(23)7-11(8-22)15(19)24)21-27-18(5,6)16(25)26-17(2,3)4/h10-19,21-22,26,29,34H,20,23-25H2,1-9H3;4-15,22H,16-17H2,1-3H3,(H,34,35);9,11,22H,7-8H2,1-6H3,(H2,19,24)/b50-38-;;21-14-/t29-,34-,47?;22-;11-/m000/s1. The predicted molar refractivity (Wildman–Crippen MR) is 477 cm³/mol. The molecule has 0 spiro atoms. The van der Waals surface area contributed by atoms with E-state index in [1.807, 2.05) is 121 Å². The minimum atomic E-state index is -2.48. The second kappa shape index (κ2) is 38.3. The number of aliphatic hydroxyl groups excluding tert-OH is 1. The minimum Gasteiger partial charge on any atom is -0.480 e. The third kappa shape index (κ3) is 22.1. The molecule has 2 aromatic heterocycles. The van der Waals surface area contributed by atoms with E-state index < -0.39 is 184 Å². The number of benzene rings is 6. The topological polar surface area (TPSA) is 459 Å². The first kappa shape index (κ1) is 98.4. The van der Waals surface area contributed by atoms with Gasteiger partial charge in [0.2, 0.25) is 22.9 Å². The molecule has 4 amide bonds. The summed E-state index contributed by atoms with van der Waals surface area (Å²) in [5, 5.41) is 32.1. The lowest BCUT2D eigenvalue weighted by molar-refractivity contribution is -0.263. The van der Waals surface area contributed by atoms with Gasteiger partial charge in [-0.2, -0.15) is 5.06 Å². The van der Waals surface area contributed by atoms with E-state index in [1.165, 1.54) is 61.3 Å². The fraction of sp³-hybridized carbons (Fsp3) is 0.406. The number of cyclic esters (lactones) is 1. The van der Waals surface area contributed by atoms with Crippen LogP contribution in [0.2, 0.25) is 0 Å². The molecule has 0 radical (unpaired) electrons. The Labute approximate surface area is 774 Å². The monoisotopic (exact) mass is 1860 g/mol. The third-order valence-electron chi connectivity index (χ3n) is 20.9. The Bertz CT molecular complexity index is 5850. The largest absolute Gasteiger partial charge is 0.480 e. The average Bonchev–Trinajstić information content (AvgIpc) is 1.57. The Morgan fingerprint density at radius 2 is 0.932 bits per heavy atom. The molecule has 6 aromatic carbocycles. The van der Waals surface area contributed by atoms with Crippen molar-refractivity contribution in [3.63, 3.8) is 0 Å². The van der Waals surface area contributed by atoms with Crippen molar-refractivity contribution in [3.8, 4) is 23.0 Å². The number of thiazole rings is 2. The van der Waals surface area contributed by atoms with Gasteiger partial charge >= 0.3 is 53.1 Å². The number of nitrogens with zero attached hydrogens (tertiary/aromatic N) is 7. The molecule has 2 saturated heterocycles. The number of carboxylic acid groups (broad SMARTS) is 1. The van der Waals surface area contributed by atoms with Gasteiger partial charge in [0.25, 0.3) is 17.7 Å². The van der Waals surface area contributed by atoms with Crippen LogP contribution in [0.5, 0.6) is 23.0 Å². The molecule has 8 heterocycles. The van der Waals surface area contributed by atoms with Crippen LogP contribution in [0.4, 0.5) is 0 Å².